The Balaban J connectivity index is 0.000000175. The number of para-hydroxylation sites is 2. The van der Waals surface area contributed by atoms with Gasteiger partial charge in [0.15, 0.2) is 17.3 Å². The van der Waals surface area contributed by atoms with E-state index in [1.54, 1.807) is 24.3 Å². The van der Waals surface area contributed by atoms with Gasteiger partial charge in [-0.2, -0.15) is 0 Å². The van der Waals surface area contributed by atoms with Gasteiger partial charge < -0.3 is 43.6 Å². The number of carboxylic acid groups (broad SMARTS) is 1. The second-order valence-corrected chi connectivity index (χ2v) is 27.1. The molecule has 2 unspecified atom stereocenters. The number of piperidine rings is 2. The van der Waals surface area contributed by atoms with Gasteiger partial charge in [-0.3, -0.25) is 97.5 Å². The van der Waals surface area contributed by atoms with E-state index in [1.165, 1.54) is 36.7 Å². The van der Waals surface area contributed by atoms with E-state index in [9.17, 15) is 67.1 Å². The Morgan fingerprint density at radius 3 is 1.27 bits per heavy atom. The summed E-state index contributed by atoms with van der Waals surface area (Å²) >= 11 is 0. The molecule has 28 heteroatoms. The zero-order valence-electron chi connectivity index (χ0n) is 60.9. The van der Waals surface area contributed by atoms with E-state index in [1.807, 2.05) is 133 Å². The number of nitrogens with two attached hydrogens (primary N) is 3. The van der Waals surface area contributed by atoms with Crippen LogP contribution in [0.15, 0.2) is 194 Å². The lowest BCUT2D eigenvalue weighted by Crippen LogP contribution is -2.54. The molecule has 0 bridgehead atoms. The molecule has 28 nitrogen and oxygen atoms in total. The second kappa shape index (κ2) is 35.4. The standard InChI is InChI=1S/C43H38N6O7.C27H26N4O2.C15H13N3O6/c44-40(53)32-24-46-34-22-27(18-19-30(34)39(32)47-28-8-3-1-4-9-28)25-14-16-26(17-15-25)36(51)13-6-2-5-10-29(50)23-45-33-12-7-11-31-38(33)43(56)49(42(31)55)35-20-21-37(52)48-41(35)54;28-15-5-4-8-25(32)19-11-9-18(10-12-19)20-13-14-22-24(16-20)30-17-23(27(29)33)26(22)31-21-6-2-1-3-7-21;19-10-5-4-9(13(22)17-10)18-14(23)7-2-1-3-8(12(7)15(18)24)16-6-11(20)21/h1,3-4,7-9,11-12,14-19,22,24,35,45H,2,5-6,10,13,20-21,23H2,(H2,44,53)(H,46,47)(H,48,52,54);1-3,6-7,9-14,16-17H,4-5,8,15,28H2,(H2,29,33)(H,30,31);1-3,9,16H,4-6H2,(H,20,21)(H,17,19,22). The van der Waals surface area contributed by atoms with Gasteiger partial charge in [0.2, 0.25) is 23.6 Å². The average Bonchev–Trinajstić information content (AvgIpc) is 1.64. The summed E-state index contributed by atoms with van der Waals surface area (Å²) in [7, 11) is 0. The van der Waals surface area contributed by atoms with Gasteiger partial charge in [-0.25, -0.2) is 0 Å². The number of unbranched alkanes of at least 4 members (excludes halogenated alkanes) is 3. The van der Waals surface area contributed by atoms with Crippen LogP contribution in [-0.4, -0.2) is 139 Å². The zero-order valence-corrected chi connectivity index (χ0v) is 60.9. The smallest absolute Gasteiger partial charge is 0.322 e. The summed E-state index contributed by atoms with van der Waals surface area (Å²) < 4.78 is 0. The maximum absolute atomic E-state index is 13.3. The Hall–Kier alpha value is -14.3. The first kappa shape index (κ1) is 78.3. The summed E-state index contributed by atoms with van der Waals surface area (Å²) in [5.41, 5.74) is 27.6. The van der Waals surface area contributed by atoms with E-state index in [4.69, 9.17) is 22.3 Å². The number of pyridine rings is 2. The van der Waals surface area contributed by atoms with Gasteiger partial charge in [0.1, 0.15) is 18.6 Å². The number of amides is 10. The number of aromatic nitrogens is 2. The molecule has 2 aromatic heterocycles. The van der Waals surface area contributed by atoms with E-state index < -0.39 is 83.7 Å². The fourth-order valence-corrected chi connectivity index (χ4v) is 13.7. The molecular formula is C85H77N13O15. The molecular weight excluding hydrogens is 1440 g/mol. The number of primary amides is 2. The molecule has 0 spiro atoms. The minimum Gasteiger partial charge on any atom is -0.480 e. The average molecular weight is 1520 g/mol. The fraction of sp³-hybridized carbons (Fsp3) is 0.200. The summed E-state index contributed by atoms with van der Waals surface area (Å²) in [6, 6.07) is 52.7. The van der Waals surface area contributed by atoms with Gasteiger partial charge in [-0.05, 0) is 128 Å². The maximum atomic E-state index is 13.3. The largest absolute Gasteiger partial charge is 0.480 e. The second-order valence-electron chi connectivity index (χ2n) is 27.1. The number of aliphatic carboxylic acids is 1. The first-order valence-electron chi connectivity index (χ1n) is 36.5. The number of hydrogen-bond acceptors (Lipinski definition) is 21. The van der Waals surface area contributed by atoms with E-state index in [0.29, 0.717) is 77.9 Å². The molecule has 572 valence electrons. The normalized spacial score (nSPS) is 14.9. The van der Waals surface area contributed by atoms with Crippen LogP contribution < -0.4 is 49.1 Å². The van der Waals surface area contributed by atoms with Gasteiger partial charge in [-0.1, -0.05) is 128 Å². The van der Waals surface area contributed by atoms with E-state index in [2.05, 4.69) is 41.9 Å². The van der Waals surface area contributed by atoms with Crippen LogP contribution in [-0.2, 0) is 28.8 Å². The zero-order chi connectivity index (χ0) is 80.0. The minimum absolute atomic E-state index is 0.00355. The molecule has 10 aromatic rings. The van der Waals surface area contributed by atoms with Crippen molar-refractivity contribution in [3.8, 4) is 22.3 Å². The summed E-state index contributed by atoms with van der Waals surface area (Å²) in [6.45, 7) is 0.122. The molecule has 113 heavy (non-hydrogen) atoms. The molecule has 8 aromatic carbocycles. The first-order valence-corrected chi connectivity index (χ1v) is 36.5. The molecule has 0 radical (unpaired) electrons. The van der Waals surface area contributed by atoms with Crippen molar-refractivity contribution < 1.29 is 72.2 Å². The highest BCUT2D eigenvalue weighted by molar-refractivity contribution is 6.27. The Labute approximate surface area is 646 Å². The molecule has 4 aliphatic heterocycles. The topological polar surface area (TPSA) is 442 Å². The van der Waals surface area contributed by atoms with Gasteiger partial charge in [0, 0.05) is 89.1 Å². The molecule has 2 fully saturated rings. The number of nitrogens with zero attached hydrogens (tertiary/aromatic N) is 4. The van der Waals surface area contributed by atoms with Crippen molar-refractivity contribution in [2.45, 2.75) is 89.1 Å². The molecule has 6 heterocycles. The van der Waals surface area contributed by atoms with Crippen LogP contribution >= 0.6 is 0 Å². The summed E-state index contributed by atoms with van der Waals surface area (Å²) in [6.07, 6.45) is 7.80. The lowest BCUT2D eigenvalue weighted by molar-refractivity contribution is -0.137. The number of benzene rings is 8. The van der Waals surface area contributed by atoms with Crippen LogP contribution in [0.4, 0.5) is 34.1 Å². The van der Waals surface area contributed by atoms with E-state index in [0.717, 1.165) is 72.6 Å². The summed E-state index contributed by atoms with van der Waals surface area (Å²) in [5, 5.41) is 26.8. The molecule has 2 saturated heterocycles. The van der Waals surface area contributed by atoms with Gasteiger partial charge in [0.25, 0.3) is 35.4 Å². The number of imide groups is 4. The third-order valence-corrected chi connectivity index (χ3v) is 19.5. The van der Waals surface area contributed by atoms with Crippen molar-refractivity contribution >= 4 is 138 Å². The number of carbonyl (C=O) groups is 14. The monoisotopic (exact) mass is 1520 g/mol. The van der Waals surface area contributed by atoms with Crippen molar-refractivity contribution in [1.29, 1.82) is 0 Å². The fourth-order valence-electron chi connectivity index (χ4n) is 13.7. The molecule has 13 N–H and O–H groups in total. The highest BCUT2D eigenvalue weighted by Gasteiger charge is 2.47. The van der Waals surface area contributed by atoms with Crippen molar-refractivity contribution in [2.75, 3.05) is 40.9 Å². The van der Waals surface area contributed by atoms with Crippen LogP contribution in [0.25, 0.3) is 44.1 Å². The predicted octanol–water partition coefficient (Wildman–Crippen LogP) is 10.6. The predicted molar refractivity (Wildman–Crippen MR) is 421 cm³/mol. The van der Waals surface area contributed by atoms with Crippen molar-refractivity contribution in [2.24, 2.45) is 17.2 Å². The SMILES string of the molecule is NC(=O)c1cnc2cc(-c3ccc(C(=O)CCCCCC(=O)CNc4cccc5c4C(=O)N(C4CCC(=O)NC4=O)C5=O)cc3)ccc2c1Nc1ccccc1.NCCCCC(=O)c1ccc(-c2ccc3c(Nc4ccccc4)c(C(N)=O)cnc3c2)cc1.O=C(O)CNc1cccc2c1C(=O)N(C1CCC(=O)NC1=O)C2=O. The number of Topliss-reactive ketones (excluding diaryl/α,β-unsaturated/α-hetero) is 3. The minimum atomic E-state index is -1.12. The quantitative estimate of drug-likeness (QED) is 0.0124. The lowest BCUT2D eigenvalue weighted by Gasteiger charge is -2.27. The molecule has 14 rings (SSSR count). The molecule has 0 aliphatic carbocycles. The Morgan fingerprint density at radius 1 is 0.451 bits per heavy atom. The Morgan fingerprint density at radius 2 is 0.858 bits per heavy atom. The number of ketones is 3. The number of nitrogens with one attached hydrogen (secondary N) is 6. The van der Waals surface area contributed by atoms with Gasteiger partial charge >= 0.3 is 5.97 Å². The van der Waals surface area contributed by atoms with Crippen molar-refractivity contribution in [3.05, 3.63) is 239 Å². The first-order chi connectivity index (χ1) is 54.5. The lowest BCUT2D eigenvalue weighted by atomic mass is 9.98. The number of fused-ring (bicyclic) bond motifs is 4. The summed E-state index contributed by atoms with van der Waals surface area (Å²) in [4.78, 5) is 182. The number of hydrogen-bond donors (Lipinski definition) is 10. The van der Waals surface area contributed by atoms with Crippen LogP contribution in [0.5, 0.6) is 0 Å². The van der Waals surface area contributed by atoms with Crippen LogP contribution in [0.1, 0.15) is 160 Å². The number of carbonyl (C=O) groups excluding carboxylic acids is 13. The van der Waals surface area contributed by atoms with Crippen molar-refractivity contribution in [1.82, 2.24) is 30.4 Å². The Kier molecular flexibility index (Phi) is 24.5. The maximum Gasteiger partial charge on any atom is 0.322 e. The molecule has 2 atom stereocenters. The Bertz CT molecular complexity index is 5490. The number of rotatable bonds is 28. The van der Waals surface area contributed by atoms with Crippen LogP contribution in [0.2, 0.25) is 0 Å². The highest BCUT2D eigenvalue weighted by Crippen LogP contribution is 2.38. The molecule has 4 aliphatic rings. The van der Waals surface area contributed by atoms with E-state index in [-0.39, 0.29) is 89.5 Å². The van der Waals surface area contributed by atoms with Gasteiger partial charge in [0.05, 0.1) is 62.3 Å². The van der Waals surface area contributed by atoms with Crippen LogP contribution in [0, 0.1) is 0 Å². The highest BCUT2D eigenvalue weighted by atomic mass is 16.4. The third-order valence-electron chi connectivity index (χ3n) is 19.5. The number of carboxylic acids is 1. The van der Waals surface area contributed by atoms with Gasteiger partial charge in [-0.15, -0.1) is 0 Å². The van der Waals surface area contributed by atoms with Crippen molar-refractivity contribution in [3.63, 3.8) is 0 Å². The third kappa shape index (κ3) is 18.0. The summed E-state index contributed by atoms with van der Waals surface area (Å²) in [5.74, 6) is -7.06. The number of anilines is 6. The molecule has 0 saturated carbocycles. The van der Waals surface area contributed by atoms with E-state index >= 15 is 0 Å². The van der Waals surface area contributed by atoms with Crippen LogP contribution in [0.3, 0.4) is 0 Å². The molecule has 10 amide bonds.